The van der Waals surface area contributed by atoms with Crippen LogP contribution in [0.3, 0.4) is 0 Å². The topological polar surface area (TPSA) is 232 Å². The number of carbonyl (C=O) groups excluding carboxylic acids is 2. The molecule has 0 amide bonds. The Morgan fingerprint density at radius 2 is 1.42 bits per heavy atom. The Kier molecular flexibility index (Phi) is 29.6. The summed E-state index contributed by atoms with van der Waals surface area (Å²) in [5.41, 5.74) is 5.32. The van der Waals surface area contributed by atoms with E-state index in [1.807, 2.05) is 0 Å². The highest BCUT2D eigenvalue weighted by Gasteiger charge is 2.39. The minimum atomic E-state index is -4.80. The van der Waals surface area contributed by atoms with Gasteiger partial charge in [0.15, 0.2) is 6.10 Å². The van der Waals surface area contributed by atoms with Gasteiger partial charge in [0.1, 0.15) is 12.6 Å². The molecule has 1 saturated carbocycles. The van der Waals surface area contributed by atoms with Crippen molar-refractivity contribution in [3.8, 4) is 0 Å². The summed E-state index contributed by atoms with van der Waals surface area (Å²) in [5.74, 6) is -3.41. The second kappa shape index (κ2) is 32.2. The third-order valence-corrected chi connectivity index (χ3v) is 10.6. The van der Waals surface area contributed by atoms with Gasteiger partial charge in [-0.15, -0.1) is 0 Å². The Morgan fingerprint density at radius 1 is 0.789 bits per heavy atom. The molecule has 0 bridgehead atoms. The first-order valence-electron chi connectivity index (χ1n) is 20.9. The highest BCUT2D eigenvalue weighted by molar-refractivity contribution is 7.47. The summed E-state index contributed by atoms with van der Waals surface area (Å²) in [6.45, 7) is 2.30. The molecule has 1 aliphatic rings. The van der Waals surface area contributed by atoms with Crippen molar-refractivity contribution in [1.82, 2.24) is 0 Å². The third kappa shape index (κ3) is 26.9. The minimum absolute atomic E-state index is 0.0775. The molecule has 15 heteroatoms. The zero-order chi connectivity index (χ0) is 42.3. The molecule has 0 aromatic heterocycles. The van der Waals surface area contributed by atoms with Crippen LogP contribution in [0, 0.1) is 11.8 Å². The van der Waals surface area contributed by atoms with Crippen LogP contribution in [0.25, 0.3) is 0 Å². The summed E-state index contributed by atoms with van der Waals surface area (Å²) in [6.07, 6.45) is 27.4. The first-order chi connectivity index (χ1) is 27.3. The number of hydrogen-bond donors (Lipinski definition) is 6. The van der Waals surface area contributed by atoms with E-state index in [-0.39, 0.29) is 31.1 Å². The zero-order valence-corrected chi connectivity index (χ0v) is 35.1. The van der Waals surface area contributed by atoms with Gasteiger partial charge in [-0.25, -0.2) is 4.57 Å². The molecule has 0 aromatic rings. The van der Waals surface area contributed by atoms with E-state index in [4.69, 9.17) is 24.8 Å². The number of unbranched alkanes of at least 4 members (excludes halogenated alkanes) is 10. The fraction of sp³-hybridized carbons (Fsp3) is 0.738. The van der Waals surface area contributed by atoms with Gasteiger partial charge in [0.25, 0.3) is 0 Å². The van der Waals surface area contributed by atoms with Crippen LogP contribution in [0.4, 0.5) is 0 Å². The van der Waals surface area contributed by atoms with Crippen molar-refractivity contribution in [2.24, 2.45) is 17.6 Å². The molecule has 0 aliphatic heterocycles. The van der Waals surface area contributed by atoms with E-state index in [1.165, 1.54) is 19.3 Å². The van der Waals surface area contributed by atoms with Gasteiger partial charge in [0.2, 0.25) is 0 Å². The van der Waals surface area contributed by atoms with E-state index in [0.29, 0.717) is 19.3 Å². The van der Waals surface area contributed by atoms with Crippen molar-refractivity contribution in [1.29, 1.82) is 0 Å². The maximum atomic E-state index is 12.7. The van der Waals surface area contributed by atoms with Crippen LogP contribution in [0.15, 0.2) is 48.6 Å². The maximum Gasteiger partial charge on any atom is 0.472 e. The lowest BCUT2D eigenvalue weighted by molar-refractivity contribution is -0.160. The molecule has 7 N–H and O–H groups in total. The van der Waals surface area contributed by atoms with E-state index >= 15 is 0 Å². The molecule has 0 spiro atoms. The standard InChI is InChI=1S/C42H72NO13P/c1-3-5-7-8-9-10-11-12-13-14-15-16-17-18-20-26-41(48)56-34(31-54-57(51,52)55-32-37(43)42(49)50)30-53-40(47)25-22-21-24-35-36(39(46)29-38(35)45)28-27-33(44)23-19-6-4-2/h9-10,12-13,21-22,27-28,33-39,44-46H,3-8,11,14-20,23-26,29-32,43H2,1-2H3,(H,49,50)(H,51,52)/b10-9-,13-12-,22-21-,28-27+/t33-,34-,35+,36-,37+,38+,39-/m1/s1. The van der Waals surface area contributed by atoms with Crippen LogP contribution in [-0.4, -0.2) is 93.5 Å². The van der Waals surface area contributed by atoms with Crippen molar-refractivity contribution in [3.05, 3.63) is 48.6 Å². The summed E-state index contributed by atoms with van der Waals surface area (Å²) >= 11 is 0. The van der Waals surface area contributed by atoms with Crippen molar-refractivity contribution in [2.45, 2.75) is 166 Å². The third-order valence-electron chi connectivity index (χ3n) is 9.65. The molecule has 8 atom stereocenters. The number of phosphoric ester groups is 1. The molecule has 0 heterocycles. The van der Waals surface area contributed by atoms with Gasteiger partial charge >= 0.3 is 25.7 Å². The Bertz CT molecular complexity index is 1270. The molecule has 57 heavy (non-hydrogen) atoms. The first kappa shape index (κ1) is 52.3. The Hall–Kier alpha value is -2.68. The number of allylic oxidation sites excluding steroid dienone is 5. The van der Waals surface area contributed by atoms with E-state index in [2.05, 4.69) is 42.7 Å². The molecule has 1 unspecified atom stereocenters. The highest BCUT2D eigenvalue weighted by atomic mass is 31.2. The van der Waals surface area contributed by atoms with Crippen LogP contribution in [-0.2, 0) is 37.5 Å². The number of ether oxygens (including phenoxy) is 2. The van der Waals surface area contributed by atoms with Crippen LogP contribution in [0.5, 0.6) is 0 Å². The van der Waals surface area contributed by atoms with E-state index < -0.39 is 76.0 Å². The summed E-state index contributed by atoms with van der Waals surface area (Å²) in [7, 11) is -4.80. The molecule has 328 valence electrons. The molecule has 0 saturated heterocycles. The van der Waals surface area contributed by atoms with E-state index in [9.17, 15) is 39.2 Å². The van der Waals surface area contributed by atoms with Crippen LogP contribution in [0.2, 0.25) is 0 Å². The number of aliphatic hydroxyl groups is 3. The number of carboxylic acid groups (broad SMARTS) is 1. The average molecular weight is 830 g/mol. The number of hydrogen-bond acceptors (Lipinski definition) is 12. The molecule has 1 rings (SSSR count). The van der Waals surface area contributed by atoms with Crippen LogP contribution < -0.4 is 5.73 Å². The molecular weight excluding hydrogens is 757 g/mol. The smallest absolute Gasteiger partial charge is 0.472 e. The number of aliphatic carboxylic acids is 1. The number of nitrogens with two attached hydrogens (primary N) is 1. The molecular formula is C42H72NO13P. The van der Waals surface area contributed by atoms with Crippen LogP contribution >= 0.6 is 7.82 Å². The summed E-state index contributed by atoms with van der Waals surface area (Å²) < 4.78 is 32.6. The molecule has 0 radical (unpaired) electrons. The molecule has 0 aromatic carbocycles. The minimum Gasteiger partial charge on any atom is -0.480 e. The first-order valence-corrected chi connectivity index (χ1v) is 22.4. The fourth-order valence-electron chi connectivity index (χ4n) is 6.24. The highest BCUT2D eigenvalue weighted by Crippen LogP contribution is 2.43. The van der Waals surface area contributed by atoms with Crippen molar-refractivity contribution in [3.63, 3.8) is 0 Å². The van der Waals surface area contributed by atoms with Gasteiger partial charge in [-0.05, 0) is 57.3 Å². The Morgan fingerprint density at radius 3 is 2.11 bits per heavy atom. The SMILES string of the molecule is CCCCC/C=C\C/C=C\CCCCCCCC(=O)O[C@H](COC(=O)C/C=C\C[C@H]1[C@@H](/C=C/[C@H](O)CCCCC)[C@H](O)C[C@@H]1O)COP(=O)(O)OC[C@H](N)C(=O)O. The summed E-state index contributed by atoms with van der Waals surface area (Å²) in [4.78, 5) is 46.2. The fourth-order valence-corrected chi connectivity index (χ4v) is 7.02. The molecule has 14 nitrogen and oxygen atoms in total. The summed E-state index contributed by atoms with van der Waals surface area (Å²) in [6, 6.07) is -1.57. The Balaban J connectivity index is 2.59. The predicted molar refractivity (Wildman–Crippen MR) is 219 cm³/mol. The van der Waals surface area contributed by atoms with Gasteiger partial charge in [-0.2, -0.15) is 0 Å². The van der Waals surface area contributed by atoms with Gasteiger partial charge in [-0.3, -0.25) is 23.4 Å². The number of carboxylic acids is 1. The van der Waals surface area contributed by atoms with Gasteiger partial charge in [-0.1, -0.05) is 114 Å². The summed E-state index contributed by atoms with van der Waals surface area (Å²) in [5, 5.41) is 40.2. The largest absolute Gasteiger partial charge is 0.480 e. The second-order valence-corrected chi connectivity index (χ2v) is 16.2. The monoisotopic (exact) mass is 829 g/mol. The number of phosphoric acid groups is 1. The van der Waals surface area contributed by atoms with Gasteiger partial charge in [0, 0.05) is 18.8 Å². The number of esters is 2. The molecule has 1 fully saturated rings. The van der Waals surface area contributed by atoms with Crippen molar-refractivity contribution in [2.75, 3.05) is 19.8 Å². The lowest BCUT2D eigenvalue weighted by Crippen LogP contribution is -2.34. The maximum absolute atomic E-state index is 12.7. The van der Waals surface area contributed by atoms with Gasteiger partial charge < -0.3 is 40.5 Å². The normalized spacial score (nSPS) is 21.4. The lowest BCUT2D eigenvalue weighted by atomic mass is 9.89. The second-order valence-electron chi connectivity index (χ2n) is 14.8. The van der Waals surface area contributed by atoms with E-state index in [1.54, 1.807) is 24.3 Å². The Labute approximate surface area is 340 Å². The number of carbonyl (C=O) groups is 3. The lowest BCUT2D eigenvalue weighted by Gasteiger charge is -2.20. The predicted octanol–water partition coefficient (Wildman–Crippen LogP) is 6.99. The number of aliphatic hydroxyl groups excluding tert-OH is 3. The van der Waals surface area contributed by atoms with Crippen LogP contribution in [0.1, 0.15) is 136 Å². The molecule has 1 aliphatic carbocycles. The number of rotatable bonds is 34. The quantitative estimate of drug-likeness (QED) is 0.0166. The van der Waals surface area contributed by atoms with Crippen molar-refractivity contribution >= 4 is 25.7 Å². The van der Waals surface area contributed by atoms with Crippen molar-refractivity contribution < 1.29 is 62.8 Å². The zero-order valence-electron chi connectivity index (χ0n) is 34.2. The van der Waals surface area contributed by atoms with Gasteiger partial charge in [0.05, 0.1) is 37.9 Å². The van der Waals surface area contributed by atoms with E-state index in [0.717, 1.165) is 64.2 Å². The average Bonchev–Trinajstić information content (AvgIpc) is 3.44.